The number of aromatic nitrogens is 1. The van der Waals surface area contributed by atoms with Crippen molar-refractivity contribution >= 4 is 48.3 Å². The van der Waals surface area contributed by atoms with Crippen LogP contribution in [0.25, 0.3) is 0 Å². The minimum atomic E-state index is -3.62. The SMILES string of the molecule is CCN(CC)S(=O)(=O)c1ccc(Br)c(C(=O)Nc2nccs2)c1. The van der Waals surface area contributed by atoms with Gasteiger partial charge in [-0.25, -0.2) is 13.4 Å². The highest BCUT2D eigenvalue weighted by Crippen LogP contribution is 2.24. The van der Waals surface area contributed by atoms with Crippen molar-refractivity contribution in [1.29, 1.82) is 0 Å². The Morgan fingerprint density at radius 2 is 2.04 bits per heavy atom. The molecular formula is C14H16BrN3O3S2. The van der Waals surface area contributed by atoms with E-state index >= 15 is 0 Å². The van der Waals surface area contributed by atoms with E-state index in [9.17, 15) is 13.2 Å². The van der Waals surface area contributed by atoms with Gasteiger partial charge in [-0.3, -0.25) is 10.1 Å². The summed E-state index contributed by atoms with van der Waals surface area (Å²) in [7, 11) is -3.62. The molecule has 0 unspecified atom stereocenters. The Bertz CT molecular complexity index is 788. The summed E-state index contributed by atoms with van der Waals surface area (Å²) in [6.45, 7) is 4.29. The van der Waals surface area contributed by atoms with Gasteiger partial charge in [0.2, 0.25) is 10.0 Å². The Hall–Kier alpha value is -1.29. The molecule has 1 aromatic carbocycles. The first-order valence-electron chi connectivity index (χ1n) is 6.90. The van der Waals surface area contributed by atoms with E-state index in [1.54, 1.807) is 31.5 Å². The maximum absolute atomic E-state index is 12.6. The first kappa shape index (κ1) is 18.1. The van der Waals surface area contributed by atoms with E-state index in [4.69, 9.17) is 0 Å². The van der Waals surface area contributed by atoms with Crippen molar-refractivity contribution in [2.45, 2.75) is 18.7 Å². The van der Waals surface area contributed by atoms with Crippen LogP contribution in [0.15, 0.2) is 39.1 Å². The third-order valence-electron chi connectivity index (χ3n) is 3.18. The van der Waals surface area contributed by atoms with Crippen LogP contribution >= 0.6 is 27.3 Å². The Morgan fingerprint density at radius 3 is 2.61 bits per heavy atom. The van der Waals surface area contributed by atoms with Crippen molar-refractivity contribution in [3.8, 4) is 0 Å². The van der Waals surface area contributed by atoms with Crippen LogP contribution in [-0.2, 0) is 10.0 Å². The Balaban J connectivity index is 2.37. The Kier molecular flexibility index (Phi) is 5.90. The quantitative estimate of drug-likeness (QED) is 0.782. The van der Waals surface area contributed by atoms with Crippen molar-refractivity contribution in [1.82, 2.24) is 9.29 Å². The van der Waals surface area contributed by atoms with E-state index in [0.717, 1.165) is 0 Å². The molecule has 2 rings (SSSR count). The molecule has 23 heavy (non-hydrogen) atoms. The Labute approximate surface area is 147 Å². The van der Waals surface area contributed by atoms with Gasteiger partial charge in [-0.05, 0) is 34.1 Å². The molecule has 0 aliphatic rings. The molecule has 0 saturated heterocycles. The van der Waals surface area contributed by atoms with Gasteiger partial charge in [-0.15, -0.1) is 11.3 Å². The zero-order chi connectivity index (χ0) is 17.0. The van der Waals surface area contributed by atoms with Crippen molar-refractivity contribution in [3.05, 3.63) is 39.8 Å². The molecule has 0 spiro atoms. The normalized spacial score (nSPS) is 11.7. The molecule has 0 fully saturated rings. The summed E-state index contributed by atoms with van der Waals surface area (Å²) in [5.41, 5.74) is 0.244. The minimum absolute atomic E-state index is 0.0914. The molecule has 0 aliphatic heterocycles. The van der Waals surface area contributed by atoms with Crippen LogP contribution < -0.4 is 5.32 Å². The molecule has 1 amide bonds. The largest absolute Gasteiger partial charge is 0.298 e. The first-order valence-corrected chi connectivity index (χ1v) is 10.0. The molecule has 124 valence electrons. The van der Waals surface area contributed by atoms with Crippen LogP contribution in [0.3, 0.4) is 0 Å². The number of nitrogens with zero attached hydrogens (tertiary/aromatic N) is 2. The van der Waals surface area contributed by atoms with Crippen molar-refractivity contribution in [2.24, 2.45) is 0 Å². The van der Waals surface area contributed by atoms with Crippen molar-refractivity contribution in [2.75, 3.05) is 18.4 Å². The maximum Gasteiger partial charge on any atom is 0.258 e. The number of rotatable bonds is 6. The monoisotopic (exact) mass is 417 g/mol. The van der Waals surface area contributed by atoms with Gasteiger partial charge >= 0.3 is 0 Å². The fourth-order valence-corrected chi connectivity index (χ4v) is 4.44. The number of nitrogens with one attached hydrogen (secondary N) is 1. The van der Waals surface area contributed by atoms with Crippen molar-refractivity contribution < 1.29 is 13.2 Å². The van der Waals surface area contributed by atoms with Gasteiger partial charge in [0.05, 0.1) is 10.5 Å². The third kappa shape index (κ3) is 3.97. The predicted octanol–water partition coefficient (Wildman–Crippen LogP) is 3.19. The van der Waals surface area contributed by atoms with Gasteiger partial charge in [0.1, 0.15) is 0 Å². The molecule has 6 nitrogen and oxygen atoms in total. The summed E-state index contributed by atoms with van der Waals surface area (Å²) < 4.78 is 27.0. The number of thiazole rings is 1. The number of halogens is 1. The van der Waals surface area contributed by atoms with Gasteiger partial charge < -0.3 is 0 Å². The molecular weight excluding hydrogens is 402 g/mol. The van der Waals surface area contributed by atoms with Gasteiger partial charge in [0.15, 0.2) is 5.13 Å². The molecule has 1 N–H and O–H groups in total. The highest BCUT2D eigenvalue weighted by Gasteiger charge is 2.23. The topological polar surface area (TPSA) is 79.4 Å². The number of anilines is 1. The number of carbonyl (C=O) groups excluding carboxylic acids is 1. The van der Waals surface area contributed by atoms with Gasteiger partial charge in [0.25, 0.3) is 5.91 Å². The first-order chi connectivity index (χ1) is 10.9. The summed E-state index contributed by atoms with van der Waals surface area (Å²) in [6, 6.07) is 4.42. The van der Waals surface area contributed by atoms with E-state index in [0.29, 0.717) is 22.7 Å². The summed E-state index contributed by atoms with van der Waals surface area (Å²) >= 11 is 4.58. The number of sulfonamides is 1. The Morgan fingerprint density at radius 1 is 1.35 bits per heavy atom. The summed E-state index contributed by atoms with van der Waals surface area (Å²) in [6.07, 6.45) is 1.58. The number of hydrogen-bond donors (Lipinski definition) is 1. The molecule has 0 aliphatic carbocycles. The molecule has 2 aromatic rings. The van der Waals surface area contributed by atoms with Gasteiger partial charge in [-0.2, -0.15) is 4.31 Å². The van der Waals surface area contributed by atoms with Gasteiger partial charge in [-0.1, -0.05) is 13.8 Å². The number of benzene rings is 1. The molecule has 0 saturated carbocycles. The number of hydrogen-bond acceptors (Lipinski definition) is 5. The summed E-state index contributed by atoms with van der Waals surface area (Å²) in [5.74, 6) is -0.413. The van der Waals surface area contributed by atoms with Crippen LogP contribution in [0.4, 0.5) is 5.13 Å². The smallest absolute Gasteiger partial charge is 0.258 e. The zero-order valence-corrected chi connectivity index (χ0v) is 15.8. The molecule has 0 atom stereocenters. The van der Waals surface area contributed by atoms with Crippen LogP contribution in [-0.4, -0.2) is 36.7 Å². The van der Waals surface area contributed by atoms with E-state index in [2.05, 4.69) is 26.2 Å². The highest BCUT2D eigenvalue weighted by molar-refractivity contribution is 9.10. The minimum Gasteiger partial charge on any atom is -0.298 e. The van der Waals surface area contributed by atoms with Crippen LogP contribution in [0.5, 0.6) is 0 Å². The average molecular weight is 418 g/mol. The second-order valence-corrected chi connectivity index (χ2v) is 8.21. The van der Waals surface area contributed by atoms with E-state index in [1.165, 1.54) is 27.8 Å². The fraction of sp³-hybridized carbons (Fsp3) is 0.286. The molecule has 0 radical (unpaired) electrons. The van der Waals surface area contributed by atoms with Crippen LogP contribution in [0, 0.1) is 0 Å². The van der Waals surface area contributed by atoms with E-state index < -0.39 is 15.9 Å². The second-order valence-electron chi connectivity index (χ2n) is 4.52. The third-order valence-corrected chi connectivity index (χ3v) is 6.60. The number of carbonyl (C=O) groups is 1. The second kappa shape index (κ2) is 7.52. The molecule has 1 aromatic heterocycles. The van der Waals surface area contributed by atoms with Crippen LogP contribution in [0.1, 0.15) is 24.2 Å². The molecule has 9 heteroatoms. The van der Waals surface area contributed by atoms with Crippen LogP contribution in [0.2, 0.25) is 0 Å². The summed E-state index contributed by atoms with van der Waals surface area (Å²) in [4.78, 5) is 16.4. The van der Waals surface area contributed by atoms with E-state index in [-0.39, 0.29) is 10.5 Å². The molecule has 0 bridgehead atoms. The molecule has 1 heterocycles. The number of amides is 1. The zero-order valence-electron chi connectivity index (χ0n) is 12.6. The maximum atomic E-state index is 12.6. The van der Waals surface area contributed by atoms with Gasteiger partial charge in [0, 0.05) is 29.1 Å². The lowest BCUT2D eigenvalue weighted by molar-refractivity contribution is 0.102. The standard InChI is InChI=1S/C14H16BrN3O3S2/c1-3-18(4-2)23(20,21)10-5-6-12(15)11(9-10)13(19)17-14-16-7-8-22-14/h5-9H,3-4H2,1-2H3,(H,16,17,19). The fourth-order valence-electron chi connectivity index (χ4n) is 2.00. The lowest BCUT2D eigenvalue weighted by Crippen LogP contribution is -2.30. The average Bonchev–Trinajstić information content (AvgIpc) is 3.01. The lowest BCUT2D eigenvalue weighted by Gasteiger charge is -2.19. The lowest BCUT2D eigenvalue weighted by atomic mass is 10.2. The predicted molar refractivity (Wildman–Crippen MR) is 94.3 cm³/mol. The summed E-state index contributed by atoms with van der Waals surface area (Å²) in [5, 5.41) is 4.84. The van der Waals surface area contributed by atoms with Crippen molar-refractivity contribution in [3.63, 3.8) is 0 Å². The highest BCUT2D eigenvalue weighted by atomic mass is 79.9. The van der Waals surface area contributed by atoms with E-state index in [1.807, 2.05) is 0 Å².